The predicted octanol–water partition coefficient (Wildman–Crippen LogP) is 2.65. The number of fused-ring (bicyclic) bond motifs is 1. The van der Waals surface area contributed by atoms with Crippen molar-refractivity contribution in [3.8, 4) is 0 Å². The summed E-state index contributed by atoms with van der Waals surface area (Å²) in [5.74, 6) is 0. The smallest absolute Gasteiger partial charge is 0.144 e. The average molecular weight is 215 g/mol. The van der Waals surface area contributed by atoms with Crippen molar-refractivity contribution in [3.63, 3.8) is 0 Å². The Morgan fingerprint density at radius 2 is 2.00 bits per heavy atom. The number of nitrogens with zero attached hydrogens (tertiary/aromatic N) is 1. The molecule has 1 aromatic rings. The quantitative estimate of drug-likeness (QED) is 0.662. The minimum Gasteiger partial charge on any atom is -0.301 e. The van der Waals surface area contributed by atoms with Gasteiger partial charge in [0.1, 0.15) is 12.3 Å². The molecule has 0 amide bonds. The van der Waals surface area contributed by atoms with Crippen molar-refractivity contribution in [2.24, 2.45) is 10.4 Å². The molecule has 84 valence electrons. The molecule has 2 nitrogen and oxygen atoms in total. The third-order valence-corrected chi connectivity index (χ3v) is 2.86. The van der Waals surface area contributed by atoms with Crippen LogP contribution in [-0.4, -0.2) is 18.0 Å². The van der Waals surface area contributed by atoms with Gasteiger partial charge in [-0.05, 0) is 11.1 Å². The fraction of sp³-hybridized carbons (Fsp3) is 0.429. The molecule has 1 atom stereocenters. The summed E-state index contributed by atoms with van der Waals surface area (Å²) < 4.78 is 0. The lowest BCUT2D eigenvalue weighted by atomic mass is 9.80. The second-order valence-electron chi connectivity index (χ2n) is 5.29. The summed E-state index contributed by atoms with van der Waals surface area (Å²) in [4.78, 5) is 15.5. The van der Waals surface area contributed by atoms with Gasteiger partial charge in [-0.25, -0.2) is 0 Å². The van der Waals surface area contributed by atoms with Crippen LogP contribution in [0.4, 0.5) is 0 Å². The summed E-state index contributed by atoms with van der Waals surface area (Å²) in [5.41, 5.74) is 3.47. The number of aldehydes is 1. The van der Waals surface area contributed by atoms with Crippen molar-refractivity contribution in [1.82, 2.24) is 0 Å². The highest BCUT2D eigenvalue weighted by Gasteiger charge is 2.27. The van der Waals surface area contributed by atoms with Crippen molar-refractivity contribution in [2.75, 3.05) is 0 Å². The van der Waals surface area contributed by atoms with Gasteiger partial charge in [0.05, 0.1) is 0 Å². The van der Waals surface area contributed by atoms with E-state index in [1.165, 1.54) is 11.1 Å². The van der Waals surface area contributed by atoms with Gasteiger partial charge in [0, 0.05) is 17.5 Å². The van der Waals surface area contributed by atoms with Crippen LogP contribution in [0.1, 0.15) is 31.9 Å². The van der Waals surface area contributed by atoms with Crippen molar-refractivity contribution in [3.05, 3.63) is 35.4 Å². The molecule has 0 N–H and O–H groups in total. The summed E-state index contributed by atoms with van der Waals surface area (Å²) in [6.45, 7) is 6.40. The van der Waals surface area contributed by atoms with Crippen LogP contribution in [0.5, 0.6) is 0 Å². The van der Waals surface area contributed by atoms with Crippen molar-refractivity contribution in [1.29, 1.82) is 0 Å². The van der Waals surface area contributed by atoms with E-state index in [-0.39, 0.29) is 11.5 Å². The van der Waals surface area contributed by atoms with Gasteiger partial charge in [-0.1, -0.05) is 45.0 Å². The second kappa shape index (κ2) is 3.85. The van der Waals surface area contributed by atoms with Gasteiger partial charge < -0.3 is 4.79 Å². The highest BCUT2D eigenvalue weighted by atomic mass is 16.1. The molecule has 0 spiro atoms. The van der Waals surface area contributed by atoms with Gasteiger partial charge >= 0.3 is 0 Å². The first-order valence-electron chi connectivity index (χ1n) is 5.64. The Morgan fingerprint density at radius 3 is 2.62 bits per heavy atom. The van der Waals surface area contributed by atoms with E-state index in [0.717, 1.165) is 18.4 Å². The van der Waals surface area contributed by atoms with E-state index >= 15 is 0 Å². The minimum absolute atomic E-state index is 0.0161. The third-order valence-electron chi connectivity index (χ3n) is 2.86. The zero-order chi connectivity index (χ0) is 11.8. The second-order valence-corrected chi connectivity index (χ2v) is 5.29. The molecule has 0 aromatic heterocycles. The van der Waals surface area contributed by atoms with Crippen molar-refractivity contribution in [2.45, 2.75) is 33.2 Å². The van der Waals surface area contributed by atoms with E-state index in [1.807, 2.05) is 12.1 Å². The van der Waals surface area contributed by atoms with Crippen LogP contribution in [0.15, 0.2) is 29.3 Å². The average Bonchev–Trinajstić information content (AvgIpc) is 2.26. The Kier molecular flexibility index (Phi) is 2.66. The SMILES string of the molecule is CC(C)(C)C1=N[C@@H](C=O)Cc2ccccc21. The first-order chi connectivity index (χ1) is 7.52. The summed E-state index contributed by atoms with van der Waals surface area (Å²) in [6, 6.07) is 8.03. The number of benzene rings is 1. The fourth-order valence-corrected chi connectivity index (χ4v) is 2.11. The monoisotopic (exact) mass is 215 g/mol. The molecule has 1 aliphatic rings. The Hall–Kier alpha value is -1.44. The van der Waals surface area contributed by atoms with Gasteiger partial charge in [0.15, 0.2) is 0 Å². The van der Waals surface area contributed by atoms with Crippen molar-refractivity contribution < 1.29 is 4.79 Å². The van der Waals surface area contributed by atoms with E-state index in [9.17, 15) is 4.79 Å². The maximum Gasteiger partial charge on any atom is 0.144 e. The first-order valence-corrected chi connectivity index (χ1v) is 5.64. The van der Waals surface area contributed by atoms with E-state index in [0.29, 0.717) is 0 Å². The molecule has 2 rings (SSSR count). The third kappa shape index (κ3) is 1.92. The molecular weight excluding hydrogens is 198 g/mol. The molecule has 1 aromatic carbocycles. The summed E-state index contributed by atoms with van der Waals surface area (Å²) >= 11 is 0. The molecule has 1 heterocycles. The van der Waals surface area contributed by atoms with E-state index in [1.54, 1.807) is 0 Å². The van der Waals surface area contributed by atoms with Crippen LogP contribution >= 0.6 is 0 Å². The van der Waals surface area contributed by atoms with Crippen LogP contribution in [0.3, 0.4) is 0 Å². The van der Waals surface area contributed by atoms with Crippen LogP contribution in [-0.2, 0) is 11.2 Å². The van der Waals surface area contributed by atoms with E-state index in [4.69, 9.17) is 0 Å². The molecule has 0 bridgehead atoms. The van der Waals surface area contributed by atoms with Crippen molar-refractivity contribution >= 4 is 12.0 Å². The maximum atomic E-state index is 10.9. The summed E-state index contributed by atoms with van der Waals surface area (Å²) in [7, 11) is 0. The minimum atomic E-state index is -0.205. The normalized spacial score (nSPS) is 19.9. The molecule has 0 aliphatic carbocycles. The van der Waals surface area contributed by atoms with Crippen LogP contribution in [0, 0.1) is 5.41 Å². The Bertz CT molecular complexity index is 440. The first kappa shape index (κ1) is 11.1. The lowest BCUT2D eigenvalue weighted by molar-refractivity contribution is -0.108. The highest BCUT2D eigenvalue weighted by molar-refractivity contribution is 6.06. The lowest BCUT2D eigenvalue weighted by Gasteiger charge is -2.28. The topological polar surface area (TPSA) is 29.4 Å². The lowest BCUT2D eigenvalue weighted by Crippen LogP contribution is -2.30. The number of hydrogen-bond acceptors (Lipinski definition) is 2. The number of carbonyl (C=O) groups is 1. The molecule has 0 fully saturated rings. The van der Waals surface area contributed by atoms with E-state index < -0.39 is 0 Å². The fourth-order valence-electron chi connectivity index (χ4n) is 2.11. The zero-order valence-corrected chi connectivity index (χ0v) is 10.0. The molecular formula is C14H17NO. The maximum absolute atomic E-state index is 10.9. The largest absolute Gasteiger partial charge is 0.301 e. The summed E-state index contributed by atoms with van der Waals surface area (Å²) in [5, 5.41) is 0. The van der Waals surface area contributed by atoms with Crippen LogP contribution in [0.25, 0.3) is 0 Å². The van der Waals surface area contributed by atoms with Gasteiger partial charge in [-0.3, -0.25) is 4.99 Å². The van der Waals surface area contributed by atoms with Crippen LogP contribution in [0.2, 0.25) is 0 Å². The molecule has 16 heavy (non-hydrogen) atoms. The predicted molar refractivity (Wildman–Crippen MR) is 66.0 cm³/mol. The molecule has 0 saturated heterocycles. The van der Waals surface area contributed by atoms with Gasteiger partial charge in [-0.15, -0.1) is 0 Å². The number of rotatable bonds is 1. The number of hydrogen-bond donors (Lipinski definition) is 0. The van der Waals surface area contributed by atoms with Gasteiger partial charge in [0.2, 0.25) is 0 Å². The summed E-state index contributed by atoms with van der Waals surface area (Å²) in [6.07, 6.45) is 1.68. The number of carbonyl (C=O) groups excluding carboxylic acids is 1. The van der Waals surface area contributed by atoms with Crippen LogP contribution < -0.4 is 0 Å². The molecule has 1 aliphatic heterocycles. The van der Waals surface area contributed by atoms with Gasteiger partial charge in [-0.2, -0.15) is 0 Å². The molecule has 0 radical (unpaired) electrons. The van der Waals surface area contributed by atoms with E-state index in [2.05, 4.69) is 37.9 Å². The Balaban J connectivity index is 2.55. The van der Waals surface area contributed by atoms with Gasteiger partial charge in [0.25, 0.3) is 0 Å². The molecule has 2 heteroatoms. The Morgan fingerprint density at radius 1 is 1.31 bits per heavy atom. The highest BCUT2D eigenvalue weighted by Crippen LogP contribution is 2.28. The zero-order valence-electron chi connectivity index (χ0n) is 10.0. The Labute approximate surface area is 96.4 Å². The molecule has 0 saturated carbocycles. The number of aliphatic imine (C=N–C) groups is 1. The molecule has 0 unspecified atom stereocenters. The standard InChI is InChI=1S/C14H17NO/c1-14(2,3)13-12-7-5-4-6-10(12)8-11(9-16)15-13/h4-7,9,11H,8H2,1-3H3/t11-/m1/s1.